The van der Waals surface area contributed by atoms with Crippen LogP contribution < -0.4 is 5.73 Å². The summed E-state index contributed by atoms with van der Waals surface area (Å²) >= 11 is 1.54. The third-order valence-corrected chi connectivity index (χ3v) is 4.72. The van der Waals surface area contributed by atoms with Crippen molar-refractivity contribution >= 4 is 16.5 Å². The molecule has 0 radical (unpaired) electrons. The van der Waals surface area contributed by atoms with Crippen LogP contribution >= 0.6 is 11.3 Å². The van der Waals surface area contributed by atoms with Crippen molar-refractivity contribution in [1.29, 1.82) is 0 Å². The van der Waals surface area contributed by atoms with Gasteiger partial charge in [-0.3, -0.25) is 4.90 Å². The zero-order valence-electron chi connectivity index (χ0n) is 10.9. The van der Waals surface area contributed by atoms with Gasteiger partial charge in [-0.05, 0) is 38.6 Å². The molecule has 1 fully saturated rings. The van der Waals surface area contributed by atoms with Crippen LogP contribution in [0.4, 0.5) is 5.13 Å². The maximum Gasteiger partial charge on any atom is 0.180 e. The molecule has 1 aliphatic rings. The van der Waals surface area contributed by atoms with Crippen molar-refractivity contribution in [2.24, 2.45) is 5.92 Å². The summed E-state index contributed by atoms with van der Waals surface area (Å²) in [7, 11) is 2.21. The van der Waals surface area contributed by atoms with Gasteiger partial charge < -0.3 is 5.73 Å². The highest BCUT2D eigenvalue weighted by molar-refractivity contribution is 7.13. The highest BCUT2D eigenvalue weighted by atomic mass is 32.1. The Balaban J connectivity index is 1.82. The second kappa shape index (κ2) is 5.83. The summed E-state index contributed by atoms with van der Waals surface area (Å²) in [4.78, 5) is 6.78. The SMILES string of the molecule is CCC1CCC(N(C)Cc2csc(N)n2)CC1. The third-order valence-electron chi connectivity index (χ3n) is 4.00. The minimum atomic E-state index is 0.683. The van der Waals surface area contributed by atoms with Gasteiger partial charge in [0, 0.05) is 18.0 Å². The monoisotopic (exact) mass is 253 g/mol. The molecule has 1 aromatic rings. The molecule has 0 atom stereocenters. The summed E-state index contributed by atoms with van der Waals surface area (Å²) in [5.74, 6) is 0.967. The maximum atomic E-state index is 5.66. The Bertz CT molecular complexity index is 342. The topological polar surface area (TPSA) is 42.1 Å². The minimum Gasteiger partial charge on any atom is -0.375 e. The van der Waals surface area contributed by atoms with Gasteiger partial charge in [0.15, 0.2) is 5.13 Å². The smallest absolute Gasteiger partial charge is 0.180 e. The molecule has 0 aromatic carbocycles. The van der Waals surface area contributed by atoms with Crippen LogP contribution in [0.15, 0.2) is 5.38 Å². The molecule has 3 nitrogen and oxygen atoms in total. The number of thiazole rings is 1. The molecule has 0 aliphatic heterocycles. The van der Waals surface area contributed by atoms with Gasteiger partial charge in [-0.2, -0.15) is 0 Å². The first-order chi connectivity index (χ1) is 8.19. The van der Waals surface area contributed by atoms with E-state index in [2.05, 4.69) is 29.2 Å². The fourth-order valence-corrected chi connectivity index (χ4v) is 3.33. The predicted octanol–water partition coefficient (Wildman–Crippen LogP) is 3.13. The van der Waals surface area contributed by atoms with Crippen LogP contribution in [-0.4, -0.2) is 23.0 Å². The molecular formula is C13H23N3S. The number of hydrogen-bond acceptors (Lipinski definition) is 4. The van der Waals surface area contributed by atoms with E-state index in [0.717, 1.165) is 24.2 Å². The molecule has 17 heavy (non-hydrogen) atoms. The van der Waals surface area contributed by atoms with Gasteiger partial charge in [0.1, 0.15) is 0 Å². The first-order valence-electron chi connectivity index (χ1n) is 6.59. The summed E-state index contributed by atoms with van der Waals surface area (Å²) in [5, 5.41) is 2.76. The van der Waals surface area contributed by atoms with Crippen LogP contribution in [0.5, 0.6) is 0 Å². The van der Waals surface area contributed by atoms with Gasteiger partial charge in [0.25, 0.3) is 0 Å². The van der Waals surface area contributed by atoms with E-state index >= 15 is 0 Å². The van der Waals surface area contributed by atoms with Gasteiger partial charge in [0.2, 0.25) is 0 Å². The second-order valence-corrected chi connectivity index (χ2v) is 6.06. The van der Waals surface area contributed by atoms with Gasteiger partial charge >= 0.3 is 0 Å². The number of nitrogens with zero attached hydrogens (tertiary/aromatic N) is 2. The van der Waals surface area contributed by atoms with Crippen molar-refractivity contribution < 1.29 is 0 Å². The van der Waals surface area contributed by atoms with Crippen LogP contribution in [0.2, 0.25) is 0 Å². The minimum absolute atomic E-state index is 0.683. The summed E-state index contributed by atoms with van der Waals surface area (Å²) in [6.45, 7) is 3.25. The fourth-order valence-electron chi connectivity index (χ4n) is 2.77. The molecule has 1 aliphatic carbocycles. The Kier molecular flexibility index (Phi) is 4.40. The number of aromatic nitrogens is 1. The van der Waals surface area contributed by atoms with E-state index in [4.69, 9.17) is 5.73 Å². The van der Waals surface area contributed by atoms with E-state index in [1.807, 2.05) is 0 Å². The summed E-state index contributed by atoms with van der Waals surface area (Å²) in [5.41, 5.74) is 6.78. The van der Waals surface area contributed by atoms with Crippen molar-refractivity contribution in [2.75, 3.05) is 12.8 Å². The normalized spacial score (nSPS) is 25.4. The molecule has 4 heteroatoms. The third kappa shape index (κ3) is 3.42. The Hall–Kier alpha value is -0.610. The molecule has 0 bridgehead atoms. The van der Waals surface area contributed by atoms with Crippen molar-refractivity contribution in [1.82, 2.24) is 9.88 Å². The van der Waals surface area contributed by atoms with E-state index in [-0.39, 0.29) is 0 Å². The average molecular weight is 253 g/mol. The molecule has 0 saturated heterocycles. The highest BCUT2D eigenvalue weighted by Crippen LogP contribution is 2.29. The van der Waals surface area contributed by atoms with E-state index < -0.39 is 0 Å². The van der Waals surface area contributed by atoms with Crippen molar-refractivity contribution in [3.05, 3.63) is 11.1 Å². The first-order valence-corrected chi connectivity index (χ1v) is 7.47. The lowest BCUT2D eigenvalue weighted by atomic mass is 9.84. The molecule has 2 N–H and O–H groups in total. The maximum absolute atomic E-state index is 5.66. The van der Waals surface area contributed by atoms with Gasteiger partial charge in [0.05, 0.1) is 5.69 Å². The molecule has 1 saturated carbocycles. The van der Waals surface area contributed by atoms with Crippen LogP contribution in [0, 0.1) is 5.92 Å². The van der Waals surface area contributed by atoms with Crippen LogP contribution in [0.1, 0.15) is 44.7 Å². The molecule has 0 amide bonds. The van der Waals surface area contributed by atoms with E-state index in [9.17, 15) is 0 Å². The summed E-state index contributed by atoms with van der Waals surface area (Å²) in [6, 6.07) is 0.737. The second-order valence-electron chi connectivity index (χ2n) is 5.17. The lowest BCUT2D eigenvalue weighted by molar-refractivity contribution is 0.156. The average Bonchev–Trinajstić information content (AvgIpc) is 2.75. The number of nitrogen functional groups attached to an aromatic ring is 1. The molecule has 1 heterocycles. The fraction of sp³-hybridized carbons (Fsp3) is 0.769. The molecule has 2 rings (SSSR count). The lowest BCUT2D eigenvalue weighted by Crippen LogP contribution is -2.34. The number of nitrogens with two attached hydrogens (primary N) is 1. The largest absolute Gasteiger partial charge is 0.375 e. The Morgan fingerprint density at radius 3 is 2.65 bits per heavy atom. The van der Waals surface area contributed by atoms with Gasteiger partial charge in [-0.25, -0.2) is 4.98 Å². The molecule has 0 unspecified atom stereocenters. The highest BCUT2D eigenvalue weighted by Gasteiger charge is 2.23. The number of rotatable bonds is 4. The predicted molar refractivity (Wildman–Crippen MR) is 74.0 cm³/mol. The van der Waals surface area contributed by atoms with E-state index in [1.165, 1.54) is 43.4 Å². The van der Waals surface area contributed by atoms with Gasteiger partial charge in [-0.15, -0.1) is 11.3 Å². The standard InChI is InChI=1S/C13H23N3S/c1-3-10-4-6-12(7-5-10)16(2)8-11-9-17-13(14)15-11/h9-10,12H,3-8H2,1-2H3,(H2,14,15). The van der Waals surface area contributed by atoms with Crippen LogP contribution in [0.3, 0.4) is 0 Å². The number of hydrogen-bond donors (Lipinski definition) is 1. The Labute approximate surface area is 108 Å². The van der Waals surface area contributed by atoms with Crippen molar-refractivity contribution in [3.8, 4) is 0 Å². The van der Waals surface area contributed by atoms with Gasteiger partial charge in [-0.1, -0.05) is 13.3 Å². The number of anilines is 1. The molecule has 96 valence electrons. The van der Waals surface area contributed by atoms with Crippen LogP contribution in [0.25, 0.3) is 0 Å². The zero-order chi connectivity index (χ0) is 12.3. The van der Waals surface area contributed by atoms with E-state index in [0.29, 0.717) is 5.13 Å². The Morgan fingerprint density at radius 2 is 2.12 bits per heavy atom. The Morgan fingerprint density at radius 1 is 1.41 bits per heavy atom. The quantitative estimate of drug-likeness (QED) is 0.896. The van der Waals surface area contributed by atoms with Crippen molar-refractivity contribution in [2.45, 2.75) is 51.6 Å². The van der Waals surface area contributed by atoms with E-state index in [1.54, 1.807) is 0 Å². The molecule has 1 aromatic heterocycles. The molecular weight excluding hydrogens is 230 g/mol. The molecule has 0 spiro atoms. The first kappa shape index (κ1) is 12.8. The van der Waals surface area contributed by atoms with Crippen LogP contribution in [-0.2, 0) is 6.54 Å². The summed E-state index contributed by atoms with van der Waals surface area (Å²) < 4.78 is 0. The summed E-state index contributed by atoms with van der Waals surface area (Å²) in [6.07, 6.45) is 6.82. The van der Waals surface area contributed by atoms with Crippen molar-refractivity contribution in [3.63, 3.8) is 0 Å². The lowest BCUT2D eigenvalue weighted by Gasteiger charge is -2.34. The zero-order valence-corrected chi connectivity index (χ0v) is 11.7.